The number of rotatable bonds is 12. The first-order chi connectivity index (χ1) is 32.7. The summed E-state index contributed by atoms with van der Waals surface area (Å²) in [6.45, 7) is 2.73. The molecule has 0 fully saturated rings. The van der Waals surface area contributed by atoms with Crippen LogP contribution in [0.25, 0.3) is 16.6 Å². The van der Waals surface area contributed by atoms with Crippen molar-refractivity contribution in [2.75, 3.05) is 4.90 Å². The molecule has 0 aliphatic carbocycles. The van der Waals surface area contributed by atoms with Crippen LogP contribution in [0.1, 0.15) is 44.9 Å². The van der Waals surface area contributed by atoms with Gasteiger partial charge in [-0.25, -0.2) is 0 Å². The van der Waals surface area contributed by atoms with Crippen LogP contribution in [0.5, 0.6) is 5.75 Å². The Kier molecular flexibility index (Phi) is 16.2. The molecular formula is C53H38EuF7N2O6P. The number of para-hydroxylation sites is 1. The molecule has 0 bridgehead atoms. The van der Waals surface area contributed by atoms with Crippen LogP contribution in [0.4, 0.5) is 47.8 Å². The van der Waals surface area contributed by atoms with E-state index in [-0.39, 0.29) is 77.8 Å². The molecule has 0 amide bonds. The molecule has 0 spiro atoms. The second kappa shape index (κ2) is 21.4. The molecular weight excluding hydrogens is 1080 g/mol. The maximum Gasteiger partial charge on any atom is 0.460 e. The number of aromatic nitrogens is 1. The van der Waals surface area contributed by atoms with E-state index in [9.17, 15) is 59.6 Å². The molecule has 17 heteroatoms. The van der Waals surface area contributed by atoms with Crippen LogP contribution < -0.4 is 26.4 Å². The first-order valence-electron chi connectivity index (χ1n) is 20.8. The van der Waals surface area contributed by atoms with Crippen molar-refractivity contribution in [2.45, 2.75) is 31.9 Å². The Labute approximate surface area is 436 Å². The minimum atomic E-state index is -6.89. The second-order valence-electron chi connectivity index (χ2n) is 15.5. The van der Waals surface area contributed by atoms with Crippen LogP contribution in [-0.4, -0.2) is 45.0 Å². The molecule has 0 saturated carbocycles. The Morgan fingerprint density at radius 1 is 0.543 bits per heavy atom. The molecule has 1 aromatic heterocycles. The number of pyridine rings is 1. The number of ketones is 3. The zero-order valence-corrected chi connectivity index (χ0v) is 40.1. The number of carbonyl (C=O) groups excluding carboxylic acids is 3. The molecule has 1 N–H and O–H groups in total. The Hall–Kier alpha value is -6.32. The quantitative estimate of drug-likeness (QED) is 0.0736. The van der Waals surface area contributed by atoms with Crippen molar-refractivity contribution in [1.82, 2.24) is 4.57 Å². The predicted molar refractivity (Wildman–Crippen MR) is 252 cm³/mol. The summed E-state index contributed by atoms with van der Waals surface area (Å²) in [7, 11) is -2.78. The number of alkyl halides is 7. The standard InChI is InChI=1S/C35H23F7N2O5.C18H15OP.Eu/c1-19(45)21-8-12-24(13-9-21)43(25-14-10-22(11-15-25)20(2)46)26-16-17-27-28(18-26)44(23-6-4-3-5-7-23)32(49)29(30(27)47)31(48)33(36,37)34(38,39)35(40,41)42;19-20(16-10-4-1-5-11-16,17-12-6-2-7-13-17)18-14-8-3-9-15-18;/h3-18,47H,1-2H3;1-15H;. The molecule has 1 radical (unpaired) electrons. The van der Waals surface area contributed by atoms with E-state index >= 15 is 0 Å². The largest absolute Gasteiger partial charge is 0.506 e. The Morgan fingerprint density at radius 3 is 1.29 bits per heavy atom. The van der Waals surface area contributed by atoms with Crippen molar-refractivity contribution in [3.8, 4) is 11.4 Å². The topological polar surface area (TPSA) is 114 Å². The van der Waals surface area contributed by atoms with E-state index in [1.807, 2.05) is 91.0 Å². The van der Waals surface area contributed by atoms with Gasteiger partial charge in [0.2, 0.25) is 5.78 Å². The van der Waals surface area contributed by atoms with Gasteiger partial charge in [0.15, 0.2) is 18.7 Å². The molecule has 1 heterocycles. The average Bonchev–Trinajstić information content (AvgIpc) is 3.35. The molecule has 0 unspecified atom stereocenters. The van der Waals surface area contributed by atoms with Gasteiger partial charge in [-0.05, 0) is 92.7 Å². The molecule has 357 valence electrons. The zero-order chi connectivity index (χ0) is 49.9. The molecule has 0 saturated heterocycles. The van der Waals surface area contributed by atoms with E-state index in [0.29, 0.717) is 27.1 Å². The zero-order valence-electron chi connectivity index (χ0n) is 36.8. The predicted octanol–water partition coefficient (Wildman–Crippen LogP) is 11.9. The molecule has 0 aliphatic heterocycles. The van der Waals surface area contributed by atoms with Crippen LogP contribution in [0.2, 0.25) is 0 Å². The van der Waals surface area contributed by atoms with Gasteiger partial charge in [0.05, 0.1) is 5.52 Å². The summed E-state index contributed by atoms with van der Waals surface area (Å²) in [5, 5.41) is 13.1. The molecule has 8 nitrogen and oxygen atoms in total. The van der Waals surface area contributed by atoms with E-state index in [2.05, 4.69) is 0 Å². The fourth-order valence-corrected chi connectivity index (χ4v) is 10.2. The molecule has 8 aromatic rings. The Bertz CT molecular complexity index is 3130. The van der Waals surface area contributed by atoms with Gasteiger partial charge in [-0.3, -0.25) is 23.7 Å². The van der Waals surface area contributed by atoms with E-state index in [1.54, 1.807) is 29.2 Å². The minimum Gasteiger partial charge on any atom is -0.506 e. The van der Waals surface area contributed by atoms with Gasteiger partial charge < -0.3 is 14.6 Å². The van der Waals surface area contributed by atoms with Crippen LogP contribution in [0, 0.1) is 49.4 Å². The number of hydrogen-bond acceptors (Lipinski definition) is 7. The third-order valence-electron chi connectivity index (χ3n) is 11.1. The number of aromatic hydroxyl groups is 1. The Balaban J connectivity index is 0.000000318. The van der Waals surface area contributed by atoms with Crippen molar-refractivity contribution in [3.05, 3.63) is 215 Å². The number of carbonyl (C=O) groups is 3. The van der Waals surface area contributed by atoms with E-state index in [0.717, 1.165) is 22.0 Å². The first kappa shape index (κ1) is 53.0. The first-order valence-corrected chi connectivity index (χ1v) is 22.5. The van der Waals surface area contributed by atoms with E-state index < -0.39 is 53.2 Å². The number of benzene rings is 7. The minimum absolute atomic E-state index is 0. The number of fused-ring (bicyclic) bond motifs is 1. The molecule has 7 aromatic carbocycles. The summed E-state index contributed by atoms with van der Waals surface area (Å²) in [4.78, 5) is 51.9. The van der Waals surface area contributed by atoms with Crippen molar-refractivity contribution in [3.63, 3.8) is 0 Å². The SMILES string of the molecule is CC(=O)c1ccc(N(c2ccc(C(C)=O)cc2)c2ccc3c(O)c(C(=O)C(F)(F)C(F)(F)C(F)(F)F)c(=O)n(-c4ccccc4)c3c2)cc1.O=P(c1ccccc1)(c1ccccc1)c1ccccc1.[Eu]. The van der Waals surface area contributed by atoms with Gasteiger partial charge in [-0.1, -0.05) is 109 Å². The van der Waals surface area contributed by atoms with Gasteiger partial charge in [-0.2, -0.15) is 30.7 Å². The van der Waals surface area contributed by atoms with Gasteiger partial charge in [0.1, 0.15) is 11.3 Å². The summed E-state index contributed by atoms with van der Waals surface area (Å²) in [5.41, 5.74) is -2.26. The second-order valence-corrected chi connectivity index (χ2v) is 18.3. The van der Waals surface area contributed by atoms with Crippen LogP contribution in [0.15, 0.2) is 193 Å². The molecule has 0 atom stereocenters. The van der Waals surface area contributed by atoms with Crippen molar-refractivity contribution >= 4 is 68.4 Å². The third kappa shape index (κ3) is 10.3. The smallest absolute Gasteiger partial charge is 0.460 e. The summed E-state index contributed by atoms with van der Waals surface area (Å²) in [6, 6.07) is 52.2. The fourth-order valence-electron chi connectivity index (χ4n) is 7.52. The third-order valence-corrected chi connectivity index (χ3v) is 14.2. The average molecular weight is 1110 g/mol. The molecule has 70 heavy (non-hydrogen) atoms. The van der Waals surface area contributed by atoms with E-state index in [4.69, 9.17) is 0 Å². The number of halogens is 7. The summed E-state index contributed by atoms with van der Waals surface area (Å²) in [6.07, 6.45) is -6.87. The fraction of sp³-hybridized carbons (Fsp3) is 0.0943. The number of nitrogens with zero attached hydrogens (tertiary/aromatic N) is 2. The van der Waals surface area contributed by atoms with Gasteiger partial charge in [0, 0.05) is 105 Å². The monoisotopic (exact) mass is 1120 g/mol. The van der Waals surface area contributed by atoms with E-state index in [1.165, 1.54) is 80.6 Å². The van der Waals surface area contributed by atoms with Gasteiger partial charge in [0.25, 0.3) is 5.56 Å². The number of Topliss-reactive ketones (excluding diaryl/α,β-unsaturated/α-hetero) is 3. The van der Waals surface area contributed by atoms with Crippen molar-refractivity contribution in [1.29, 1.82) is 0 Å². The summed E-state index contributed by atoms with van der Waals surface area (Å²) in [5.74, 6) is -18.6. The normalized spacial score (nSPS) is 11.7. The van der Waals surface area contributed by atoms with Crippen molar-refractivity contribution < 1.29 is 104 Å². The van der Waals surface area contributed by atoms with Gasteiger partial charge in [-0.15, -0.1) is 0 Å². The Morgan fingerprint density at radius 2 is 0.914 bits per heavy atom. The van der Waals surface area contributed by atoms with Crippen LogP contribution in [0.3, 0.4) is 0 Å². The summed E-state index contributed by atoms with van der Waals surface area (Å²) < 4.78 is 110. The van der Waals surface area contributed by atoms with Gasteiger partial charge >= 0.3 is 18.0 Å². The maximum absolute atomic E-state index is 14.6. The molecule has 0 aliphatic rings. The van der Waals surface area contributed by atoms with Crippen molar-refractivity contribution in [2.24, 2.45) is 0 Å². The number of hydrogen-bond donors (Lipinski definition) is 1. The number of anilines is 3. The van der Waals surface area contributed by atoms with Crippen LogP contribution >= 0.6 is 7.14 Å². The molecule has 8 rings (SSSR count). The summed E-state index contributed by atoms with van der Waals surface area (Å²) >= 11 is 0. The maximum atomic E-state index is 14.6. The van der Waals surface area contributed by atoms with Crippen LogP contribution in [-0.2, 0) is 4.57 Å².